The number of benzene rings is 3. The number of carbonyl (C=O) groups excluding carboxylic acids is 1. The van der Waals surface area contributed by atoms with Gasteiger partial charge in [-0.15, -0.1) is 5.10 Å². The molecular weight excluding hydrogens is 404 g/mol. The lowest BCUT2D eigenvalue weighted by atomic mass is 10.2. The van der Waals surface area contributed by atoms with E-state index < -0.39 is 0 Å². The summed E-state index contributed by atoms with van der Waals surface area (Å²) in [4.78, 5) is 12.8. The highest BCUT2D eigenvalue weighted by molar-refractivity contribution is 5.93. The lowest BCUT2D eigenvalue weighted by Crippen LogP contribution is -2.24. The van der Waals surface area contributed by atoms with E-state index in [0.717, 1.165) is 22.6 Å². The van der Waals surface area contributed by atoms with Crippen molar-refractivity contribution in [2.45, 2.75) is 20.1 Å². The molecular formula is C25H24N4O3. The van der Waals surface area contributed by atoms with Gasteiger partial charge in [0.25, 0.3) is 5.91 Å². The quantitative estimate of drug-likeness (QED) is 0.457. The van der Waals surface area contributed by atoms with Crippen LogP contribution in [0.1, 0.15) is 27.3 Å². The first kappa shape index (κ1) is 21.1. The van der Waals surface area contributed by atoms with Crippen molar-refractivity contribution in [2.24, 2.45) is 0 Å². The molecule has 1 N–H and O–H groups in total. The standard InChI is InChI=1S/C25H24N4O3/c1-18-24(27-28-29(18)21-12-8-13-22(15-21)31-2)25(30)26-16-20-11-6-7-14-23(20)32-17-19-9-4-3-5-10-19/h3-15H,16-17H2,1-2H3,(H,26,30). The molecule has 0 saturated heterocycles. The van der Waals surface area contributed by atoms with Crippen molar-refractivity contribution in [1.29, 1.82) is 0 Å². The van der Waals surface area contributed by atoms with Crippen LogP contribution in [0.5, 0.6) is 11.5 Å². The van der Waals surface area contributed by atoms with Crippen LogP contribution >= 0.6 is 0 Å². The minimum absolute atomic E-state index is 0.274. The first-order valence-corrected chi connectivity index (χ1v) is 10.3. The molecule has 4 rings (SSSR count). The molecule has 0 radical (unpaired) electrons. The van der Waals surface area contributed by atoms with Crippen LogP contribution in [-0.4, -0.2) is 28.0 Å². The van der Waals surface area contributed by atoms with Gasteiger partial charge in [0.2, 0.25) is 0 Å². The average molecular weight is 428 g/mol. The minimum Gasteiger partial charge on any atom is -0.497 e. The number of aromatic nitrogens is 3. The van der Waals surface area contributed by atoms with Gasteiger partial charge >= 0.3 is 0 Å². The minimum atomic E-state index is -0.297. The monoisotopic (exact) mass is 428 g/mol. The molecule has 0 aliphatic heterocycles. The Morgan fingerprint density at radius 1 is 1.00 bits per heavy atom. The molecule has 0 fully saturated rings. The molecule has 3 aromatic carbocycles. The van der Waals surface area contributed by atoms with E-state index in [1.807, 2.05) is 85.8 Å². The number of methoxy groups -OCH3 is 1. The number of hydrogen-bond donors (Lipinski definition) is 1. The number of para-hydroxylation sites is 1. The molecule has 0 aliphatic rings. The predicted molar refractivity (Wildman–Crippen MR) is 121 cm³/mol. The molecule has 1 amide bonds. The van der Waals surface area contributed by atoms with E-state index in [4.69, 9.17) is 9.47 Å². The molecule has 7 heteroatoms. The van der Waals surface area contributed by atoms with E-state index in [2.05, 4.69) is 15.6 Å². The molecule has 0 spiro atoms. The maximum absolute atomic E-state index is 12.8. The topological polar surface area (TPSA) is 78.3 Å². The van der Waals surface area contributed by atoms with E-state index in [1.165, 1.54) is 0 Å². The number of nitrogens with zero attached hydrogens (tertiary/aromatic N) is 3. The number of hydrogen-bond acceptors (Lipinski definition) is 5. The molecule has 4 aromatic rings. The van der Waals surface area contributed by atoms with Crippen LogP contribution in [0.25, 0.3) is 5.69 Å². The number of carbonyl (C=O) groups is 1. The first-order chi connectivity index (χ1) is 15.7. The molecule has 32 heavy (non-hydrogen) atoms. The second-order valence-electron chi connectivity index (χ2n) is 7.20. The number of nitrogens with one attached hydrogen (secondary N) is 1. The van der Waals surface area contributed by atoms with Gasteiger partial charge in [-0.2, -0.15) is 0 Å². The zero-order valence-corrected chi connectivity index (χ0v) is 18.0. The van der Waals surface area contributed by atoms with Crippen LogP contribution < -0.4 is 14.8 Å². The summed E-state index contributed by atoms with van der Waals surface area (Å²) >= 11 is 0. The second-order valence-corrected chi connectivity index (χ2v) is 7.20. The molecule has 1 aromatic heterocycles. The van der Waals surface area contributed by atoms with Crippen LogP contribution in [0.15, 0.2) is 78.9 Å². The maximum Gasteiger partial charge on any atom is 0.274 e. The Kier molecular flexibility index (Phi) is 6.46. The van der Waals surface area contributed by atoms with Crippen molar-refractivity contribution in [2.75, 3.05) is 7.11 Å². The van der Waals surface area contributed by atoms with Crippen LogP contribution in [0.3, 0.4) is 0 Å². The van der Waals surface area contributed by atoms with Gasteiger partial charge < -0.3 is 14.8 Å². The molecule has 0 aliphatic carbocycles. The summed E-state index contributed by atoms with van der Waals surface area (Å²) < 4.78 is 12.9. The summed E-state index contributed by atoms with van der Waals surface area (Å²) in [5.74, 6) is 1.14. The normalized spacial score (nSPS) is 10.6. The predicted octanol–water partition coefficient (Wildman–Crippen LogP) is 4.09. The Balaban J connectivity index is 1.44. The average Bonchev–Trinajstić information content (AvgIpc) is 3.23. The van der Waals surface area contributed by atoms with Crippen molar-refractivity contribution in [1.82, 2.24) is 20.3 Å². The smallest absolute Gasteiger partial charge is 0.274 e. The molecule has 1 heterocycles. The van der Waals surface area contributed by atoms with Gasteiger partial charge in [0.05, 0.1) is 18.5 Å². The van der Waals surface area contributed by atoms with E-state index in [9.17, 15) is 4.79 Å². The highest BCUT2D eigenvalue weighted by Gasteiger charge is 2.18. The lowest BCUT2D eigenvalue weighted by Gasteiger charge is -2.12. The molecule has 0 bridgehead atoms. The molecule has 0 saturated carbocycles. The number of ether oxygens (including phenoxy) is 2. The third-order valence-corrected chi connectivity index (χ3v) is 5.06. The van der Waals surface area contributed by atoms with Crippen LogP contribution in [0.4, 0.5) is 0 Å². The SMILES string of the molecule is COc1cccc(-n2nnc(C(=O)NCc3ccccc3OCc3ccccc3)c2C)c1. The van der Waals surface area contributed by atoms with Gasteiger partial charge in [-0.1, -0.05) is 59.8 Å². The van der Waals surface area contributed by atoms with Gasteiger partial charge in [0, 0.05) is 18.2 Å². The lowest BCUT2D eigenvalue weighted by molar-refractivity contribution is 0.0945. The summed E-state index contributed by atoms with van der Waals surface area (Å²) in [6, 6.07) is 25.0. The fraction of sp³-hybridized carbons (Fsp3) is 0.160. The van der Waals surface area contributed by atoms with Crippen LogP contribution in [0.2, 0.25) is 0 Å². The second kappa shape index (κ2) is 9.78. The van der Waals surface area contributed by atoms with Gasteiger partial charge in [-0.05, 0) is 30.7 Å². The Hall–Kier alpha value is -4.13. The fourth-order valence-electron chi connectivity index (χ4n) is 3.31. The van der Waals surface area contributed by atoms with E-state index in [-0.39, 0.29) is 11.6 Å². The summed E-state index contributed by atoms with van der Waals surface area (Å²) in [5.41, 5.74) is 3.65. The van der Waals surface area contributed by atoms with Gasteiger partial charge in [-0.3, -0.25) is 4.79 Å². The Labute approximate surface area is 186 Å². The highest BCUT2D eigenvalue weighted by Crippen LogP contribution is 2.20. The Morgan fingerprint density at radius 3 is 2.59 bits per heavy atom. The van der Waals surface area contributed by atoms with Crippen molar-refractivity contribution in [3.05, 3.63) is 101 Å². The van der Waals surface area contributed by atoms with E-state index in [0.29, 0.717) is 24.6 Å². The highest BCUT2D eigenvalue weighted by atomic mass is 16.5. The third-order valence-electron chi connectivity index (χ3n) is 5.06. The van der Waals surface area contributed by atoms with Crippen molar-refractivity contribution < 1.29 is 14.3 Å². The first-order valence-electron chi connectivity index (χ1n) is 10.3. The largest absolute Gasteiger partial charge is 0.497 e. The van der Waals surface area contributed by atoms with E-state index in [1.54, 1.807) is 11.8 Å². The summed E-state index contributed by atoms with van der Waals surface area (Å²) in [7, 11) is 1.60. The molecule has 162 valence electrons. The summed E-state index contributed by atoms with van der Waals surface area (Å²) in [6.07, 6.45) is 0. The number of rotatable bonds is 8. The maximum atomic E-state index is 12.8. The zero-order chi connectivity index (χ0) is 22.3. The fourth-order valence-corrected chi connectivity index (χ4v) is 3.31. The van der Waals surface area contributed by atoms with Crippen molar-refractivity contribution >= 4 is 5.91 Å². The number of amides is 1. The zero-order valence-electron chi connectivity index (χ0n) is 18.0. The summed E-state index contributed by atoms with van der Waals surface area (Å²) in [5, 5.41) is 11.2. The Bertz CT molecular complexity index is 1200. The van der Waals surface area contributed by atoms with Gasteiger partial charge in [-0.25, -0.2) is 4.68 Å². The summed E-state index contributed by atoms with van der Waals surface area (Å²) in [6.45, 7) is 2.58. The van der Waals surface area contributed by atoms with Gasteiger partial charge in [0.1, 0.15) is 18.1 Å². The van der Waals surface area contributed by atoms with Crippen molar-refractivity contribution in [3.63, 3.8) is 0 Å². The van der Waals surface area contributed by atoms with Crippen molar-refractivity contribution in [3.8, 4) is 17.2 Å². The van der Waals surface area contributed by atoms with Crippen LogP contribution in [-0.2, 0) is 13.2 Å². The molecule has 0 unspecified atom stereocenters. The third kappa shape index (κ3) is 4.78. The Morgan fingerprint density at radius 2 is 1.78 bits per heavy atom. The molecule has 7 nitrogen and oxygen atoms in total. The molecule has 0 atom stereocenters. The van der Waals surface area contributed by atoms with Gasteiger partial charge in [0.15, 0.2) is 5.69 Å². The van der Waals surface area contributed by atoms with Crippen LogP contribution in [0, 0.1) is 6.92 Å². The van der Waals surface area contributed by atoms with E-state index >= 15 is 0 Å².